The third kappa shape index (κ3) is 3.18. The molecule has 1 aliphatic rings. The molecule has 1 aromatic carbocycles. The fourth-order valence-electron chi connectivity index (χ4n) is 3.22. The molecule has 1 aromatic heterocycles. The molecule has 9 heteroatoms. The van der Waals surface area contributed by atoms with Crippen LogP contribution in [0.15, 0.2) is 35.8 Å². The molecule has 0 atom stereocenters. The number of aliphatic carboxylic acids is 1. The van der Waals surface area contributed by atoms with Gasteiger partial charge in [0.25, 0.3) is 5.91 Å². The number of rotatable bonds is 3. The van der Waals surface area contributed by atoms with Gasteiger partial charge in [0.15, 0.2) is 5.69 Å². The standard InChI is InChI=1S/C17H15F3N2O3S/c18-17(19,20)13-12(21-10-26-13)14(23)22-8-6-16(7-9-22,15(24)25)11-4-2-1-3-5-11/h1-5,10H,6-9H2,(H,24,25). The van der Waals surface area contributed by atoms with E-state index in [9.17, 15) is 27.9 Å². The first-order chi connectivity index (χ1) is 12.3. The van der Waals surface area contributed by atoms with E-state index in [0.29, 0.717) is 16.9 Å². The highest BCUT2D eigenvalue weighted by Crippen LogP contribution is 2.38. The number of likely N-dealkylation sites (tertiary alicyclic amines) is 1. The highest BCUT2D eigenvalue weighted by atomic mass is 32.1. The van der Waals surface area contributed by atoms with Crippen LogP contribution in [0.3, 0.4) is 0 Å². The maximum Gasteiger partial charge on any atom is 0.427 e. The van der Waals surface area contributed by atoms with Crippen LogP contribution in [0.25, 0.3) is 0 Å². The van der Waals surface area contributed by atoms with E-state index in [1.165, 1.54) is 4.90 Å². The van der Waals surface area contributed by atoms with Crippen LogP contribution in [0.2, 0.25) is 0 Å². The van der Waals surface area contributed by atoms with Crippen LogP contribution in [0.4, 0.5) is 13.2 Å². The third-order valence-electron chi connectivity index (χ3n) is 4.67. The summed E-state index contributed by atoms with van der Waals surface area (Å²) in [6.07, 6.45) is -4.38. The van der Waals surface area contributed by atoms with Crippen LogP contribution in [0.5, 0.6) is 0 Å². The van der Waals surface area contributed by atoms with Gasteiger partial charge in [0, 0.05) is 13.1 Å². The largest absolute Gasteiger partial charge is 0.481 e. The summed E-state index contributed by atoms with van der Waals surface area (Å²) in [6.45, 7) is 0.101. The number of carboxylic acids is 1. The zero-order chi connectivity index (χ0) is 18.9. The lowest BCUT2D eigenvalue weighted by molar-refractivity contribution is -0.145. The number of benzene rings is 1. The SMILES string of the molecule is O=C(c1ncsc1C(F)(F)F)N1CCC(C(=O)O)(c2ccccc2)CC1. The zero-order valence-electron chi connectivity index (χ0n) is 13.5. The summed E-state index contributed by atoms with van der Waals surface area (Å²) >= 11 is 0.373. The lowest BCUT2D eigenvalue weighted by Gasteiger charge is -2.39. The van der Waals surface area contributed by atoms with Crippen LogP contribution in [-0.2, 0) is 16.4 Å². The molecular weight excluding hydrogens is 369 g/mol. The van der Waals surface area contributed by atoms with Crippen molar-refractivity contribution >= 4 is 23.2 Å². The molecule has 2 aromatic rings. The first-order valence-electron chi connectivity index (χ1n) is 7.84. The number of amides is 1. The van der Waals surface area contributed by atoms with Crippen LogP contribution in [0.1, 0.15) is 33.8 Å². The molecule has 0 spiro atoms. The van der Waals surface area contributed by atoms with Crippen molar-refractivity contribution in [2.45, 2.75) is 24.4 Å². The van der Waals surface area contributed by atoms with Gasteiger partial charge in [0.2, 0.25) is 0 Å². The molecule has 0 aliphatic carbocycles. The number of thiazole rings is 1. The normalized spacial score (nSPS) is 17.1. The van der Waals surface area contributed by atoms with E-state index < -0.39 is 34.0 Å². The molecule has 0 unspecified atom stereocenters. The average Bonchev–Trinajstić information content (AvgIpc) is 3.12. The lowest BCUT2D eigenvalue weighted by Crippen LogP contribution is -2.49. The second kappa shape index (κ2) is 6.71. The predicted octanol–water partition coefficient (Wildman–Crippen LogP) is 3.42. The molecule has 0 saturated carbocycles. The van der Waals surface area contributed by atoms with Gasteiger partial charge in [0.1, 0.15) is 4.88 Å². The minimum Gasteiger partial charge on any atom is -0.481 e. The van der Waals surface area contributed by atoms with Crippen molar-refractivity contribution in [3.63, 3.8) is 0 Å². The monoisotopic (exact) mass is 384 g/mol. The number of carbonyl (C=O) groups is 2. The van der Waals surface area contributed by atoms with E-state index in [1.807, 2.05) is 0 Å². The number of carbonyl (C=O) groups excluding carboxylic acids is 1. The first kappa shape index (κ1) is 18.4. The minimum absolute atomic E-state index is 0.0504. The van der Waals surface area contributed by atoms with Crippen LogP contribution >= 0.6 is 11.3 Å². The van der Waals surface area contributed by atoms with Crippen molar-refractivity contribution < 1.29 is 27.9 Å². The van der Waals surface area contributed by atoms with Crippen molar-refractivity contribution in [1.29, 1.82) is 0 Å². The number of piperidine rings is 1. The molecule has 26 heavy (non-hydrogen) atoms. The Bertz CT molecular complexity index is 812. The highest BCUT2D eigenvalue weighted by Gasteiger charge is 2.45. The van der Waals surface area contributed by atoms with E-state index in [2.05, 4.69) is 4.98 Å². The molecular formula is C17H15F3N2O3S. The topological polar surface area (TPSA) is 70.5 Å². The second-order valence-corrected chi connectivity index (χ2v) is 6.93. The van der Waals surface area contributed by atoms with Crippen molar-refractivity contribution in [1.82, 2.24) is 9.88 Å². The number of carboxylic acid groups (broad SMARTS) is 1. The Labute approximate surface area is 151 Å². The van der Waals surface area contributed by atoms with Gasteiger partial charge >= 0.3 is 12.1 Å². The summed E-state index contributed by atoms with van der Waals surface area (Å²) in [6, 6.07) is 8.69. The van der Waals surface area contributed by atoms with E-state index in [4.69, 9.17) is 0 Å². The van der Waals surface area contributed by atoms with Crippen LogP contribution in [0, 0.1) is 0 Å². The highest BCUT2D eigenvalue weighted by molar-refractivity contribution is 7.10. The number of halogens is 3. The van der Waals surface area contributed by atoms with Gasteiger partial charge in [-0.05, 0) is 18.4 Å². The summed E-state index contributed by atoms with van der Waals surface area (Å²) in [5, 5.41) is 9.74. The average molecular weight is 384 g/mol. The molecule has 5 nitrogen and oxygen atoms in total. The second-order valence-electron chi connectivity index (χ2n) is 6.07. The Morgan fingerprint density at radius 2 is 1.77 bits per heavy atom. The number of hydrogen-bond donors (Lipinski definition) is 1. The Hall–Kier alpha value is -2.42. The maximum atomic E-state index is 13.0. The molecule has 2 heterocycles. The smallest absolute Gasteiger partial charge is 0.427 e. The van der Waals surface area contributed by atoms with Gasteiger partial charge in [-0.3, -0.25) is 9.59 Å². The van der Waals surface area contributed by atoms with Gasteiger partial charge < -0.3 is 10.0 Å². The van der Waals surface area contributed by atoms with Crippen LogP contribution < -0.4 is 0 Å². The van der Waals surface area contributed by atoms with Crippen molar-refractivity contribution in [2.75, 3.05) is 13.1 Å². The number of alkyl halides is 3. The summed E-state index contributed by atoms with van der Waals surface area (Å²) in [5.74, 6) is -1.81. The van der Waals surface area contributed by atoms with Gasteiger partial charge in [-0.25, -0.2) is 4.98 Å². The Balaban J connectivity index is 1.81. The van der Waals surface area contributed by atoms with Gasteiger partial charge in [-0.1, -0.05) is 30.3 Å². The van der Waals surface area contributed by atoms with Gasteiger partial charge in [-0.2, -0.15) is 13.2 Å². The van der Waals surface area contributed by atoms with E-state index in [-0.39, 0.29) is 25.9 Å². The van der Waals surface area contributed by atoms with Crippen molar-refractivity contribution in [3.8, 4) is 0 Å². The number of nitrogens with zero attached hydrogens (tertiary/aromatic N) is 2. The maximum absolute atomic E-state index is 13.0. The van der Waals surface area contributed by atoms with E-state index in [1.54, 1.807) is 30.3 Å². The van der Waals surface area contributed by atoms with E-state index in [0.717, 1.165) is 5.51 Å². The Morgan fingerprint density at radius 1 is 1.15 bits per heavy atom. The van der Waals surface area contributed by atoms with Crippen molar-refractivity contribution in [3.05, 3.63) is 52.0 Å². The Kier molecular flexibility index (Phi) is 4.74. The Morgan fingerprint density at radius 3 is 2.31 bits per heavy atom. The fraction of sp³-hybridized carbons (Fsp3) is 0.353. The lowest BCUT2D eigenvalue weighted by atomic mass is 9.73. The molecule has 0 bridgehead atoms. The fourth-order valence-corrected chi connectivity index (χ4v) is 3.87. The third-order valence-corrected chi connectivity index (χ3v) is 5.54. The summed E-state index contributed by atoms with van der Waals surface area (Å²) in [4.78, 5) is 28.2. The van der Waals surface area contributed by atoms with E-state index >= 15 is 0 Å². The van der Waals surface area contributed by atoms with Gasteiger partial charge in [-0.15, -0.1) is 11.3 Å². The predicted molar refractivity (Wildman–Crippen MR) is 88.0 cm³/mol. The molecule has 138 valence electrons. The summed E-state index contributed by atoms with van der Waals surface area (Å²) < 4.78 is 38.9. The van der Waals surface area contributed by atoms with Crippen LogP contribution in [-0.4, -0.2) is 40.0 Å². The first-order valence-corrected chi connectivity index (χ1v) is 8.72. The molecule has 1 N–H and O–H groups in total. The zero-order valence-corrected chi connectivity index (χ0v) is 14.3. The summed E-state index contributed by atoms with van der Waals surface area (Å²) in [7, 11) is 0. The number of aromatic nitrogens is 1. The molecule has 3 rings (SSSR count). The molecule has 1 fully saturated rings. The minimum atomic E-state index is -4.64. The molecule has 1 amide bonds. The van der Waals surface area contributed by atoms with Crippen molar-refractivity contribution in [2.24, 2.45) is 0 Å². The van der Waals surface area contributed by atoms with Gasteiger partial charge in [0.05, 0.1) is 10.9 Å². The quantitative estimate of drug-likeness (QED) is 0.880. The summed E-state index contributed by atoms with van der Waals surface area (Å²) in [5.41, 5.74) is -0.146. The molecule has 0 radical (unpaired) electrons. The molecule has 1 saturated heterocycles. The number of hydrogen-bond acceptors (Lipinski definition) is 4. The molecule has 1 aliphatic heterocycles.